The Labute approximate surface area is 263 Å². The lowest BCUT2D eigenvalue weighted by molar-refractivity contribution is -0.139. The molecule has 1 atom stereocenters. The van der Waals surface area contributed by atoms with Crippen LogP contribution in [0.25, 0.3) is 17.4 Å². The van der Waals surface area contributed by atoms with Crippen molar-refractivity contribution >= 4 is 29.4 Å². The molecule has 5 rings (SSSR count). The van der Waals surface area contributed by atoms with Crippen LogP contribution in [0.3, 0.4) is 0 Å². The minimum absolute atomic E-state index is 0.167. The standard InChI is InChI=1S/C34H34N2O8S/c1-6-9-25-29(33(39)43-8-3)30(24-18-22(40-4)14-17-27(24)41-5)36-31(37)28(45-34(36)35-25)19-23-15-16-26(44-23)20-10-12-21(13-11-20)32(38)42-7-2/h10-19,30H,6-9H2,1-5H3/b28-19-/t30-/m0/s1. The normalized spacial score (nSPS) is 14.5. The molecule has 1 aliphatic heterocycles. The van der Waals surface area contributed by atoms with Gasteiger partial charge in [0.2, 0.25) is 0 Å². The van der Waals surface area contributed by atoms with Crippen LogP contribution in [-0.4, -0.2) is 43.9 Å². The number of fused-ring (bicyclic) bond motifs is 1. The lowest BCUT2D eigenvalue weighted by atomic mass is 9.93. The smallest absolute Gasteiger partial charge is 0.338 e. The lowest BCUT2D eigenvalue weighted by Gasteiger charge is -2.27. The van der Waals surface area contributed by atoms with Crippen molar-refractivity contribution in [2.45, 2.75) is 39.7 Å². The number of esters is 2. The van der Waals surface area contributed by atoms with E-state index in [1.807, 2.05) is 6.92 Å². The summed E-state index contributed by atoms with van der Waals surface area (Å²) in [4.78, 5) is 44.9. The number of allylic oxidation sites excluding steroid dienone is 1. The number of furan rings is 1. The quantitative estimate of drug-likeness (QED) is 0.212. The lowest BCUT2D eigenvalue weighted by Crippen LogP contribution is -2.40. The molecule has 0 saturated heterocycles. The van der Waals surface area contributed by atoms with Crippen LogP contribution < -0.4 is 24.4 Å². The van der Waals surface area contributed by atoms with Crippen molar-refractivity contribution < 1.29 is 33.0 Å². The Hall–Kier alpha value is -4.90. The molecule has 0 radical (unpaired) electrons. The van der Waals surface area contributed by atoms with E-state index < -0.39 is 18.0 Å². The Kier molecular flexibility index (Phi) is 9.68. The molecule has 3 heterocycles. The van der Waals surface area contributed by atoms with E-state index in [-0.39, 0.29) is 17.7 Å². The fourth-order valence-corrected chi connectivity index (χ4v) is 6.17. The van der Waals surface area contributed by atoms with Gasteiger partial charge < -0.3 is 23.4 Å². The summed E-state index contributed by atoms with van der Waals surface area (Å²) in [6.07, 6.45) is 2.90. The Balaban J connectivity index is 1.63. The first kappa shape index (κ1) is 31.5. The third kappa shape index (κ3) is 6.34. The van der Waals surface area contributed by atoms with Gasteiger partial charge in [-0.05, 0) is 62.7 Å². The molecule has 2 aromatic heterocycles. The zero-order valence-electron chi connectivity index (χ0n) is 25.7. The molecule has 11 heteroatoms. The number of hydrogen-bond acceptors (Lipinski definition) is 10. The summed E-state index contributed by atoms with van der Waals surface area (Å²) in [7, 11) is 3.09. The Morgan fingerprint density at radius 1 is 0.956 bits per heavy atom. The predicted molar refractivity (Wildman–Crippen MR) is 169 cm³/mol. The van der Waals surface area contributed by atoms with Crippen molar-refractivity contribution in [1.82, 2.24) is 4.57 Å². The summed E-state index contributed by atoms with van der Waals surface area (Å²) >= 11 is 1.21. The minimum atomic E-state index is -0.862. The molecule has 0 N–H and O–H groups in total. The van der Waals surface area contributed by atoms with Crippen LogP contribution in [0.5, 0.6) is 11.5 Å². The number of nitrogens with zero attached hydrogens (tertiary/aromatic N) is 2. The van der Waals surface area contributed by atoms with Gasteiger partial charge in [0.25, 0.3) is 5.56 Å². The number of thiazole rings is 1. The van der Waals surface area contributed by atoms with E-state index in [9.17, 15) is 14.4 Å². The van der Waals surface area contributed by atoms with Crippen LogP contribution in [0.1, 0.15) is 61.3 Å². The highest BCUT2D eigenvalue weighted by molar-refractivity contribution is 7.07. The van der Waals surface area contributed by atoms with Crippen LogP contribution in [0, 0.1) is 0 Å². The SMILES string of the molecule is CCCC1=C(C(=O)OCC)[C@H](c2cc(OC)ccc2OC)n2c(s/c(=C\c3ccc(-c4ccc(C(=O)OCC)cc4)o3)c2=O)=N1. The summed E-state index contributed by atoms with van der Waals surface area (Å²) in [5, 5.41) is 0. The molecule has 0 fully saturated rings. The molecule has 1 aliphatic rings. The molecule has 45 heavy (non-hydrogen) atoms. The molecule has 0 spiro atoms. The summed E-state index contributed by atoms with van der Waals surface area (Å²) in [6, 6.07) is 14.9. The van der Waals surface area contributed by atoms with Crippen molar-refractivity contribution in [2.24, 2.45) is 4.99 Å². The average molecular weight is 631 g/mol. The van der Waals surface area contributed by atoms with Crippen LogP contribution in [0.4, 0.5) is 0 Å². The number of methoxy groups -OCH3 is 2. The summed E-state index contributed by atoms with van der Waals surface area (Å²) < 4.78 is 29.7. The summed E-state index contributed by atoms with van der Waals surface area (Å²) in [5.41, 5.74) is 2.28. The van der Waals surface area contributed by atoms with Gasteiger partial charge in [-0.3, -0.25) is 9.36 Å². The number of ether oxygens (including phenoxy) is 4. The van der Waals surface area contributed by atoms with Crippen molar-refractivity contribution in [3.8, 4) is 22.8 Å². The maximum atomic E-state index is 14.1. The highest BCUT2D eigenvalue weighted by Crippen LogP contribution is 2.38. The second kappa shape index (κ2) is 13.8. The van der Waals surface area contributed by atoms with Gasteiger partial charge in [-0.1, -0.05) is 36.8 Å². The van der Waals surface area contributed by atoms with Crippen molar-refractivity contribution in [3.05, 3.63) is 102 Å². The molecule has 4 aromatic rings. The first-order valence-corrected chi connectivity index (χ1v) is 15.5. The first-order chi connectivity index (χ1) is 21.8. The number of aromatic nitrogens is 1. The Morgan fingerprint density at radius 3 is 2.36 bits per heavy atom. The van der Waals surface area contributed by atoms with Gasteiger partial charge in [0, 0.05) is 17.2 Å². The molecule has 0 unspecified atom stereocenters. The highest BCUT2D eigenvalue weighted by Gasteiger charge is 2.36. The molecule has 10 nitrogen and oxygen atoms in total. The van der Waals surface area contributed by atoms with Gasteiger partial charge in [0.15, 0.2) is 4.80 Å². The Bertz CT molecular complexity index is 1930. The molecule has 234 valence electrons. The van der Waals surface area contributed by atoms with Gasteiger partial charge in [-0.15, -0.1) is 0 Å². The number of rotatable bonds is 11. The van der Waals surface area contributed by atoms with Gasteiger partial charge in [0.05, 0.1) is 48.8 Å². The predicted octanol–water partition coefficient (Wildman–Crippen LogP) is 5.03. The maximum Gasteiger partial charge on any atom is 0.338 e. The third-order valence-electron chi connectivity index (χ3n) is 7.20. The largest absolute Gasteiger partial charge is 0.497 e. The van der Waals surface area contributed by atoms with Crippen LogP contribution >= 0.6 is 11.3 Å². The third-order valence-corrected chi connectivity index (χ3v) is 8.19. The van der Waals surface area contributed by atoms with Gasteiger partial charge >= 0.3 is 11.9 Å². The van der Waals surface area contributed by atoms with E-state index in [2.05, 4.69) is 0 Å². The average Bonchev–Trinajstić information content (AvgIpc) is 3.64. The van der Waals surface area contributed by atoms with Crippen molar-refractivity contribution in [2.75, 3.05) is 27.4 Å². The molecule has 0 amide bonds. The van der Waals surface area contributed by atoms with Gasteiger partial charge in [-0.25, -0.2) is 14.6 Å². The number of carbonyl (C=O) groups excluding carboxylic acids is 2. The van der Waals surface area contributed by atoms with Crippen LogP contribution in [0.15, 0.2) is 80.1 Å². The topological polar surface area (TPSA) is 119 Å². The van der Waals surface area contributed by atoms with E-state index in [1.165, 1.54) is 23.0 Å². The molecule has 2 aromatic carbocycles. The van der Waals surface area contributed by atoms with Crippen molar-refractivity contribution in [3.63, 3.8) is 0 Å². The van der Waals surface area contributed by atoms with E-state index in [0.717, 1.165) is 12.0 Å². The Morgan fingerprint density at radius 2 is 1.69 bits per heavy atom. The second-order valence-corrected chi connectivity index (χ2v) is 11.0. The van der Waals surface area contributed by atoms with Gasteiger partial charge in [0.1, 0.15) is 29.1 Å². The van der Waals surface area contributed by atoms with E-state index in [0.29, 0.717) is 62.2 Å². The highest BCUT2D eigenvalue weighted by atomic mass is 32.1. The maximum absolute atomic E-state index is 14.1. The number of benzene rings is 2. The first-order valence-electron chi connectivity index (χ1n) is 14.6. The number of carbonyl (C=O) groups is 2. The summed E-state index contributed by atoms with van der Waals surface area (Å²) in [5.74, 6) is 1.12. The minimum Gasteiger partial charge on any atom is -0.497 e. The van der Waals surface area contributed by atoms with E-state index in [4.69, 9.17) is 28.4 Å². The second-order valence-electron chi connectivity index (χ2n) is 10.0. The zero-order chi connectivity index (χ0) is 32.1. The van der Waals surface area contributed by atoms with Gasteiger partial charge in [-0.2, -0.15) is 0 Å². The van der Waals surface area contributed by atoms with Crippen molar-refractivity contribution in [1.29, 1.82) is 0 Å². The molecule has 0 aliphatic carbocycles. The van der Waals surface area contributed by atoms with Crippen LogP contribution in [0.2, 0.25) is 0 Å². The monoisotopic (exact) mass is 630 g/mol. The van der Waals surface area contributed by atoms with E-state index in [1.54, 1.807) is 81.6 Å². The van der Waals surface area contributed by atoms with E-state index >= 15 is 0 Å². The fourth-order valence-electron chi connectivity index (χ4n) is 5.17. The molecule has 0 saturated carbocycles. The number of hydrogen-bond donors (Lipinski definition) is 0. The molecular weight excluding hydrogens is 596 g/mol. The summed E-state index contributed by atoms with van der Waals surface area (Å²) in [6.45, 7) is 5.96. The molecular formula is C34H34N2O8S. The zero-order valence-corrected chi connectivity index (χ0v) is 26.6. The molecule has 0 bridgehead atoms. The fraction of sp³-hybridized carbons (Fsp3) is 0.294. The van der Waals surface area contributed by atoms with Crippen LogP contribution in [-0.2, 0) is 14.3 Å².